The van der Waals surface area contributed by atoms with E-state index in [9.17, 15) is 22.8 Å². The quantitative estimate of drug-likeness (QED) is 0.342. The molecule has 0 fully saturated rings. The van der Waals surface area contributed by atoms with Crippen LogP contribution in [0.15, 0.2) is 71.2 Å². The summed E-state index contributed by atoms with van der Waals surface area (Å²) in [6, 6.07) is 15.6. The van der Waals surface area contributed by atoms with Crippen LogP contribution in [0.1, 0.15) is 40.1 Å². The molecule has 3 rings (SSSR count). The zero-order chi connectivity index (χ0) is 24.9. The van der Waals surface area contributed by atoms with E-state index in [4.69, 9.17) is 4.74 Å². The summed E-state index contributed by atoms with van der Waals surface area (Å²) >= 11 is 3.35. The van der Waals surface area contributed by atoms with Crippen LogP contribution in [-0.2, 0) is 6.18 Å². The van der Waals surface area contributed by atoms with E-state index >= 15 is 0 Å². The number of alkyl halides is 3. The van der Waals surface area contributed by atoms with Crippen LogP contribution in [-0.4, -0.2) is 18.4 Å². The average molecular weight is 535 g/mol. The standard InChI is InChI=1S/C25H22BrF3N2O3/c1-15(2)14-34-22-10-9-18(26)13-21(22)24(33)31-19-7-3-5-16(11-19)23(32)30-20-8-4-6-17(12-20)25(27,28)29/h3-13,15H,14H2,1-2H3,(H,30,32)(H,31,33). The summed E-state index contributed by atoms with van der Waals surface area (Å²) in [6.07, 6.45) is -4.52. The maximum Gasteiger partial charge on any atom is 0.416 e. The molecule has 2 N–H and O–H groups in total. The molecule has 5 nitrogen and oxygen atoms in total. The fraction of sp³-hybridized carbons (Fsp3) is 0.200. The van der Waals surface area contributed by atoms with Gasteiger partial charge in [0.1, 0.15) is 5.75 Å². The van der Waals surface area contributed by atoms with Crippen molar-refractivity contribution in [1.29, 1.82) is 0 Å². The molecule has 2 amide bonds. The van der Waals surface area contributed by atoms with Gasteiger partial charge in [0.25, 0.3) is 11.8 Å². The first-order valence-electron chi connectivity index (χ1n) is 10.4. The number of hydrogen-bond acceptors (Lipinski definition) is 3. The van der Waals surface area contributed by atoms with Gasteiger partial charge in [0.15, 0.2) is 0 Å². The Morgan fingerprint density at radius 2 is 1.56 bits per heavy atom. The van der Waals surface area contributed by atoms with E-state index in [0.29, 0.717) is 28.1 Å². The van der Waals surface area contributed by atoms with E-state index in [1.807, 2.05) is 13.8 Å². The number of ether oxygens (including phenoxy) is 1. The molecule has 3 aromatic rings. The minimum atomic E-state index is -4.52. The third-order valence-corrected chi connectivity index (χ3v) is 5.08. The van der Waals surface area contributed by atoms with Gasteiger partial charge in [-0.15, -0.1) is 0 Å². The third-order valence-electron chi connectivity index (χ3n) is 4.59. The van der Waals surface area contributed by atoms with Gasteiger partial charge in [-0.2, -0.15) is 13.2 Å². The average Bonchev–Trinajstić information content (AvgIpc) is 2.78. The van der Waals surface area contributed by atoms with Crippen molar-refractivity contribution in [2.24, 2.45) is 5.92 Å². The molecule has 0 aliphatic carbocycles. The summed E-state index contributed by atoms with van der Waals surface area (Å²) in [5.41, 5.74) is -0.0303. The second-order valence-electron chi connectivity index (χ2n) is 7.91. The van der Waals surface area contributed by atoms with Gasteiger partial charge in [0, 0.05) is 21.4 Å². The lowest BCUT2D eigenvalue weighted by Crippen LogP contribution is -2.16. The predicted molar refractivity (Wildman–Crippen MR) is 128 cm³/mol. The first-order chi connectivity index (χ1) is 16.0. The molecular formula is C25H22BrF3N2O3. The van der Waals surface area contributed by atoms with Crippen LogP contribution in [0, 0.1) is 5.92 Å². The number of hydrogen-bond donors (Lipinski definition) is 2. The van der Waals surface area contributed by atoms with E-state index in [1.165, 1.54) is 24.3 Å². The fourth-order valence-electron chi connectivity index (χ4n) is 2.98. The largest absolute Gasteiger partial charge is 0.492 e. The lowest BCUT2D eigenvalue weighted by molar-refractivity contribution is -0.137. The number of benzene rings is 3. The Hall–Kier alpha value is -3.33. The van der Waals surface area contributed by atoms with Gasteiger partial charge in [-0.3, -0.25) is 9.59 Å². The lowest BCUT2D eigenvalue weighted by Gasteiger charge is -2.14. The van der Waals surface area contributed by atoms with E-state index in [-0.39, 0.29) is 17.2 Å². The highest BCUT2D eigenvalue weighted by atomic mass is 79.9. The highest BCUT2D eigenvalue weighted by Gasteiger charge is 2.30. The van der Waals surface area contributed by atoms with Crippen LogP contribution in [0.25, 0.3) is 0 Å². The minimum Gasteiger partial charge on any atom is -0.492 e. The molecule has 0 aromatic heterocycles. The summed E-state index contributed by atoms with van der Waals surface area (Å²) in [7, 11) is 0. The molecule has 0 atom stereocenters. The van der Waals surface area contributed by atoms with Crippen LogP contribution in [0.2, 0.25) is 0 Å². The van der Waals surface area contributed by atoms with Gasteiger partial charge in [0.2, 0.25) is 0 Å². The van der Waals surface area contributed by atoms with Crippen molar-refractivity contribution in [1.82, 2.24) is 0 Å². The molecule has 9 heteroatoms. The van der Waals surface area contributed by atoms with E-state index in [1.54, 1.807) is 30.3 Å². The van der Waals surface area contributed by atoms with Gasteiger partial charge in [-0.25, -0.2) is 0 Å². The summed E-state index contributed by atoms with van der Waals surface area (Å²) in [5, 5.41) is 5.18. The Balaban J connectivity index is 1.76. The topological polar surface area (TPSA) is 67.4 Å². The Bertz CT molecular complexity index is 1200. The van der Waals surface area contributed by atoms with E-state index in [0.717, 1.165) is 12.1 Å². The Labute approximate surface area is 203 Å². The molecule has 0 bridgehead atoms. The first-order valence-corrected chi connectivity index (χ1v) is 11.1. The molecule has 0 aliphatic heterocycles. The van der Waals surface area contributed by atoms with Crippen LogP contribution >= 0.6 is 15.9 Å². The van der Waals surface area contributed by atoms with Crippen LogP contribution < -0.4 is 15.4 Å². The molecule has 0 heterocycles. The molecule has 34 heavy (non-hydrogen) atoms. The Kier molecular flexibility index (Phi) is 7.98. The maximum absolute atomic E-state index is 12.9. The van der Waals surface area contributed by atoms with Crippen molar-refractivity contribution in [2.75, 3.05) is 17.2 Å². The van der Waals surface area contributed by atoms with Crippen molar-refractivity contribution < 1.29 is 27.5 Å². The van der Waals surface area contributed by atoms with Crippen LogP contribution in [0.5, 0.6) is 5.75 Å². The minimum absolute atomic E-state index is 0.00958. The molecule has 0 unspecified atom stereocenters. The Morgan fingerprint density at radius 3 is 2.24 bits per heavy atom. The smallest absolute Gasteiger partial charge is 0.416 e. The molecule has 0 saturated carbocycles. The number of halogens is 4. The zero-order valence-corrected chi connectivity index (χ0v) is 20.0. The Morgan fingerprint density at radius 1 is 0.912 bits per heavy atom. The molecule has 0 spiro atoms. The second-order valence-corrected chi connectivity index (χ2v) is 8.83. The van der Waals surface area contributed by atoms with Crippen molar-refractivity contribution in [3.63, 3.8) is 0 Å². The molecule has 0 saturated heterocycles. The third kappa shape index (κ3) is 6.84. The summed E-state index contributed by atoms with van der Waals surface area (Å²) in [5.74, 6) is -0.353. The number of carbonyl (C=O) groups is 2. The number of nitrogens with one attached hydrogen (secondary N) is 2. The monoisotopic (exact) mass is 534 g/mol. The van der Waals surface area contributed by atoms with Crippen molar-refractivity contribution in [2.45, 2.75) is 20.0 Å². The first kappa shape index (κ1) is 25.3. The molecule has 3 aromatic carbocycles. The number of amides is 2. The van der Waals surface area contributed by atoms with Crippen LogP contribution in [0.3, 0.4) is 0 Å². The normalized spacial score (nSPS) is 11.3. The van der Waals surface area contributed by atoms with Gasteiger partial charge in [0.05, 0.1) is 17.7 Å². The number of anilines is 2. The summed E-state index contributed by atoms with van der Waals surface area (Å²) < 4.78 is 45.2. The maximum atomic E-state index is 12.9. The van der Waals surface area contributed by atoms with Gasteiger partial charge in [-0.05, 0) is 60.5 Å². The van der Waals surface area contributed by atoms with Crippen molar-refractivity contribution in [3.8, 4) is 5.75 Å². The lowest BCUT2D eigenvalue weighted by atomic mass is 10.1. The summed E-state index contributed by atoms with van der Waals surface area (Å²) in [4.78, 5) is 25.5. The predicted octanol–water partition coefficient (Wildman–Crippen LogP) is 7.01. The molecule has 0 aliphatic rings. The fourth-order valence-corrected chi connectivity index (χ4v) is 3.34. The summed E-state index contributed by atoms with van der Waals surface area (Å²) in [6.45, 7) is 4.43. The van der Waals surface area contributed by atoms with Crippen molar-refractivity contribution >= 4 is 39.1 Å². The van der Waals surface area contributed by atoms with Gasteiger partial charge < -0.3 is 15.4 Å². The molecule has 0 radical (unpaired) electrons. The molecular weight excluding hydrogens is 513 g/mol. The van der Waals surface area contributed by atoms with Gasteiger partial charge in [-0.1, -0.05) is 41.9 Å². The highest BCUT2D eigenvalue weighted by Crippen LogP contribution is 2.31. The van der Waals surface area contributed by atoms with Crippen LogP contribution in [0.4, 0.5) is 24.5 Å². The van der Waals surface area contributed by atoms with E-state index < -0.39 is 23.6 Å². The number of carbonyl (C=O) groups excluding carboxylic acids is 2. The van der Waals surface area contributed by atoms with E-state index in [2.05, 4.69) is 26.6 Å². The second kappa shape index (κ2) is 10.7. The molecule has 178 valence electrons. The highest BCUT2D eigenvalue weighted by molar-refractivity contribution is 9.10. The SMILES string of the molecule is CC(C)COc1ccc(Br)cc1C(=O)Nc1cccc(C(=O)Nc2cccc(C(F)(F)F)c2)c1. The van der Waals surface area contributed by atoms with Gasteiger partial charge >= 0.3 is 6.18 Å². The number of rotatable bonds is 7. The zero-order valence-electron chi connectivity index (χ0n) is 18.4. The van der Waals surface area contributed by atoms with Crippen molar-refractivity contribution in [3.05, 3.63) is 87.9 Å².